The maximum atomic E-state index is 12.4. The van der Waals surface area contributed by atoms with Crippen molar-refractivity contribution >= 4 is 23.2 Å². The van der Waals surface area contributed by atoms with Crippen molar-refractivity contribution in [1.29, 1.82) is 0 Å². The van der Waals surface area contributed by atoms with Crippen molar-refractivity contribution in [1.82, 2.24) is 5.32 Å². The Bertz CT molecular complexity index is 1060. The number of carbonyl (C=O) groups excluding carboxylic acids is 2. The van der Waals surface area contributed by atoms with Crippen LogP contribution in [-0.4, -0.2) is 25.6 Å². The van der Waals surface area contributed by atoms with Gasteiger partial charge in [-0.2, -0.15) is 0 Å². The normalized spacial score (nSPS) is 11.6. The molecule has 1 aliphatic heterocycles. The highest BCUT2D eigenvalue weighted by molar-refractivity contribution is 7.17. The lowest BCUT2D eigenvalue weighted by Gasteiger charge is -2.16. The molecule has 2 aromatic carbocycles. The Morgan fingerprint density at radius 3 is 2.86 bits per heavy atom. The fraction of sp³-hybridized carbons (Fsp3) is 0.182. The maximum Gasteiger partial charge on any atom is 0.348 e. The van der Waals surface area contributed by atoms with Crippen molar-refractivity contribution in [2.24, 2.45) is 0 Å². The van der Waals surface area contributed by atoms with Crippen LogP contribution in [0.4, 0.5) is 0 Å². The quantitative estimate of drug-likeness (QED) is 0.627. The first-order valence-corrected chi connectivity index (χ1v) is 9.87. The second-order valence-electron chi connectivity index (χ2n) is 6.45. The van der Waals surface area contributed by atoms with Crippen LogP contribution < -0.4 is 14.8 Å². The molecule has 0 radical (unpaired) electrons. The van der Waals surface area contributed by atoms with Gasteiger partial charge in [-0.25, -0.2) is 4.79 Å². The van der Waals surface area contributed by atoms with Crippen LogP contribution in [0.5, 0.6) is 11.5 Å². The lowest BCUT2D eigenvalue weighted by Crippen LogP contribution is -2.28. The molecule has 0 unspecified atom stereocenters. The summed E-state index contributed by atoms with van der Waals surface area (Å²) in [5.74, 6) is 0.642. The SMILES string of the molecule is COc1cccc(CNC(=O)COC(=O)c2cc3c(s2)-c2ccccc2OC3)c1. The van der Waals surface area contributed by atoms with Crippen molar-refractivity contribution in [2.45, 2.75) is 13.2 Å². The van der Waals surface area contributed by atoms with E-state index in [0.717, 1.165) is 33.1 Å². The molecule has 0 fully saturated rings. The number of carbonyl (C=O) groups is 2. The molecule has 0 aliphatic carbocycles. The summed E-state index contributed by atoms with van der Waals surface area (Å²) in [5, 5.41) is 2.73. The number of fused-ring (bicyclic) bond motifs is 3. The van der Waals surface area contributed by atoms with Gasteiger partial charge in [0.05, 0.1) is 7.11 Å². The Labute approximate surface area is 172 Å². The predicted molar refractivity (Wildman–Crippen MR) is 109 cm³/mol. The molecule has 1 N–H and O–H groups in total. The second-order valence-corrected chi connectivity index (χ2v) is 7.51. The number of esters is 1. The lowest BCUT2D eigenvalue weighted by molar-refractivity contribution is -0.124. The van der Waals surface area contributed by atoms with Crippen LogP contribution >= 0.6 is 11.3 Å². The summed E-state index contributed by atoms with van der Waals surface area (Å²) in [4.78, 5) is 25.9. The third-order valence-electron chi connectivity index (χ3n) is 4.48. The Morgan fingerprint density at radius 1 is 1.14 bits per heavy atom. The molecule has 3 aromatic rings. The standard InChI is InChI=1S/C22H19NO5S/c1-26-16-6-4-5-14(9-16)11-23-20(24)13-28-22(25)19-10-15-12-27-18-8-3-2-7-17(18)21(15)29-19/h2-10H,11-13H2,1H3,(H,23,24). The minimum absolute atomic E-state index is 0.328. The fourth-order valence-electron chi connectivity index (χ4n) is 3.04. The number of thiophene rings is 1. The van der Waals surface area contributed by atoms with Gasteiger partial charge in [-0.3, -0.25) is 4.79 Å². The summed E-state index contributed by atoms with van der Waals surface area (Å²) in [6, 6.07) is 16.9. The Morgan fingerprint density at radius 2 is 2.00 bits per heavy atom. The largest absolute Gasteiger partial charge is 0.497 e. The molecule has 29 heavy (non-hydrogen) atoms. The molecular weight excluding hydrogens is 390 g/mol. The zero-order valence-corrected chi connectivity index (χ0v) is 16.6. The van der Waals surface area contributed by atoms with Crippen molar-refractivity contribution < 1.29 is 23.8 Å². The van der Waals surface area contributed by atoms with Crippen LogP contribution in [0.2, 0.25) is 0 Å². The number of amides is 1. The van der Waals surface area contributed by atoms with Gasteiger partial charge in [0.2, 0.25) is 0 Å². The number of rotatable bonds is 6. The van der Waals surface area contributed by atoms with E-state index < -0.39 is 5.97 Å². The van der Waals surface area contributed by atoms with Crippen molar-refractivity contribution in [2.75, 3.05) is 13.7 Å². The van der Waals surface area contributed by atoms with Gasteiger partial charge in [-0.15, -0.1) is 11.3 Å². The molecule has 1 aliphatic rings. The third kappa shape index (κ3) is 4.25. The van der Waals surface area contributed by atoms with E-state index in [9.17, 15) is 9.59 Å². The fourth-order valence-corrected chi connectivity index (χ4v) is 4.13. The highest BCUT2D eigenvalue weighted by atomic mass is 32.1. The molecule has 4 rings (SSSR count). The summed E-state index contributed by atoms with van der Waals surface area (Å²) in [5.41, 5.74) is 2.81. The van der Waals surface area contributed by atoms with Gasteiger partial charge < -0.3 is 19.5 Å². The van der Waals surface area contributed by atoms with Gasteiger partial charge in [0.25, 0.3) is 5.91 Å². The van der Waals surface area contributed by atoms with Gasteiger partial charge in [-0.05, 0) is 35.9 Å². The first-order valence-electron chi connectivity index (χ1n) is 9.05. The number of benzene rings is 2. The summed E-state index contributed by atoms with van der Waals surface area (Å²) < 4.78 is 16.1. The highest BCUT2D eigenvalue weighted by Crippen LogP contribution is 2.42. The predicted octanol–water partition coefficient (Wildman–Crippen LogP) is 3.79. The number of hydrogen-bond acceptors (Lipinski definition) is 6. The van der Waals surface area contributed by atoms with Crippen molar-refractivity contribution in [3.63, 3.8) is 0 Å². The molecule has 0 saturated heterocycles. The molecule has 0 atom stereocenters. The van der Waals surface area contributed by atoms with Crippen molar-refractivity contribution in [3.8, 4) is 21.9 Å². The van der Waals surface area contributed by atoms with Crippen LogP contribution in [0, 0.1) is 0 Å². The summed E-state index contributed by atoms with van der Waals surface area (Å²) in [7, 11) is 1.59. The minimum Gasteiger partial charge on any atom is -0.497 e. The Balaban J connectivity index is 1.33. The van der Waals surface area contributed by atoms with Crippen LogP contribution in [0.3, 0.4) is 0 Å². The first-order chi connectivity index (χ1) is 14.1. The van der Waals surface area contributed by atoms with E-state index in [2.05, 4.69) is 5.32 Å². The highest BCUT2D eigenvalue weighted by Gasteiger charge is 2.23. The first kappa shape index (κ1) is 19.0. The second kappa shape index (κ2) is 8.36. The third-order valence-corrected chi connectivity index (χ3v) is 5.67. The molecule has 0 spiro atoms. The van der Waals surface area contributed by atoms with E-state index >= 15 is 0 Å². The van der Waals surface area contributed by atoms with Crippen LogP contribution in [-0.2, 0) is 22.7 Å². The van der Waals surface area contributed by atoms with Gasteiger partial charge in [0, 0.05) is 22.5 Å². The maximum absolute atomic E-state index is 12.4. The molecule has 1 aromatic heterocycles. The Kier molecular flexibility index (Phi) is 5.48. The lowest BCUT2D eigenvalue weighted by atomic mass is 10.1. The minimum atomic E-state index is -0.515. The monoisotopic (exact) mass is 409 g/mol. The average molecular weight is 409 g/mol. The van der Waals surface area contributed by atoms with Gasteiger partial charge in [0.1, 0.15) is 23.0 Å². The number of para-hydroxylation sites is 1. The number of hydrogen-bond donors (Lipinski definition) is 1. The van der Waals surface area contributed by atoms with E-state index in [1.807, 2.05) is 48.5 Å². The van der Waals surface area contributed by atoms with Crippen molar-refractivity contribution in [3.05, 3.63) is 70.6 Å². The van der Waals surface area contributed by atoms with E-state index in [1.165, 1.54) is 11.3 Å². The number of methoxy groups -OCH3 is 1. The summed E-state index contributed by atoms with van der Waals surface area (Å²) in [6.45, 7) is 0.407. The molecule has 6 nitrogen and oxygen atoms in total. The summed E-state index contributed by atoms with van der Waals surface area (Å²) in [6.07, 6.45) is 0. The topological polar surface area (TPSA) is 73.9 Å². The zero-order chi connectivity index (χ0) is 20.2. The van der Waals surface area contributed by atoms with Gasteiger partial charge in [0.15, 0.2) is 6.61 Å². The van der Waals surface area contributed by atoms with Gasteiger partial charge >= 0.3 is 5.97 Å². The molecular formula is C22H19NO5S. The smallest absolute Gasteiger partial charge is 0.348 e. The molecule has 2 heterocycles. The van der Waals surface area contributed by atoms with E-state index in [4.69, 9.17) is 14.2 Å². The molecule has 0 saturated carbocycles. The van der Waals surface area contributed by atoms with Crippen LogP contribution in [0.15, 0.2) is 54.6 Å². The summed E-state index contributed by atoms with van der Waals surface area (Å²) >= 11 is 1.35. The van der Waals surface area contributed by atoms with Crippen LogP contribution in [0.25, 0.3) is 10.4 Å². The number of ether oxygens (including phenoxy) is 3. The number of nitrogens with one attached hydrogen (secondary N) is 1. The van der Waals surface area contributed by atoms with E-state index in [1.54, 1.807) is 13.2 Å². The Hall–Kier alpha value is -3.32. The van der Waals surface area contributed by atoms with E-state index in [0.29, 0.717) is 18.0 Å². The molecule has 148 valence electrons. The van der Waals surface area contributed by atoms with Gasteiger partial charge in [-0.1, -0.05) is 24.3 Å². The molecule has 0 bridgehead atoms. The average Bonchev–Trinajstić information content (AvgIpc) is 3.21. The molecule has 1 amide bonds. The zero-order valence-electron chi connectivity index (χ0n) is 15.8. The molecule has 7 heteroatoms. The van der Waals surface area contributed by atoms with E-state index in [-0.39, 0.29) is 12.5 Å². The van der Waals surface area contributed by atoms with Crippen LogP contribution in [0.1, 0.15) is 20.8 Å².